The standard InChI is InChI=1S/C20H19N5O/c21-11-16-10-15(12-22-16)20(26)25-9-5-4-8-18(25)19-23-13-17(24-19)14-6-2-1-3-7-14/h1-3,6-7,10,12-13,18,22H,4-5,8-9H2,(H,23,24). The predicted molar refractivity (Wildman–Crippen MR) is 97.2 cm³/mol. The average molecular weight is 345 g/mol. The first-order valence-corrected chi connectivity index (χ1v) is 8.76. The van der Waals surface area contributed by atoms with Crippen LogP contribution in [0.15, 0.2) is 48.8 Å². The van der Waals surface area contributed by atoms with E-state index in [1.807, 2.05) is 47.5 Å². The van der Waals surface area contributed by atoms with E-state index in [0.717, 1.165) is 36.3 Å². The summed E-state index contributed by atoms with van der Waals surface area (Å²) in [6, 6.07) is 13.6. The fourth-order valence-electron chi connectivity index (χ4n) is 3.48. The molecular formula is C20H19N5O. The number of carbonyl (C=O) groups is 1. The highest BCUT2D eigenvalue weighted by Gasteiger charge is 2.31. The molecule has 1 amide bonds. The van der Waals surface area contributed by atoms with Gasteiger partial charge in [0, 0.05) is 12.7 Å². The van der Waals surface area contributed by atoms with Crippen LogP contribution in [0.1, 0.15) is 47.2 Å². The molecule has 26 heavy (non-hydrogen) atoms. The quantitative estimate of drug-likeness (QED) is 0.759. The van der Waals surface area contributed by atoms with E-state index in [1.54, 1.807) is 12.3 Å². The van der Waals surface area contributed by atoms with Crippen LogP contribution in [0.4, 0.5) is 0 Å². The monoisotopic (exact) mass is 345 g/mol. The number of H-pyrrole nitrogens is 2. The van der Waals surface area contributed by atoms with Gasteiger partial charge >= 0.3 is 0 Å². The average Bonchev–Trinajstić information content (AvgIpc) is 3.38. The van der Waals surface area contributed by atoms with Gasteiger partial charge in [-0.1, -0.05) is 30.3 Å². The van der Waals surface area contributed by atoms with Crippen LogP contribution in [-0.4, -0.2) is 32.3 Å². The van der Waals surface area contributed by atoms with Gasteiger partial charge in [-0.2, -0.15) is 5.26 Å². The number of imidazole rings is 1. The van der Waals surface area contributed by atoms with Gasteiger partial charge in [0.1, 0.15) is 17.6 Å². The number of nitrogens with zero attached hydrogens (tertiary/aromatic N) is 3. The number of likely N-dealkylation sites (tertiary alicyclic amines) is 1. The molecule has 1 saturated heterocycles. The fourth-order valence-corrected chi connectivity index (χ4v) is 3.48. The van der Waals surface area contributed by atoms with Crippen LogP contribution in [0, 0.1) is 11.3 Å². The summed E-state index contributed by atoms with van der Waals surface area (Å²) in [6.07, 6.45) is 6.34. The normalized spacial score (nSPS) is 17.0. The molecule has 6 nitrogen and oxygen atoms in total. The number of piperidine rings is 1. The lowest BCUT2D eigenvalue weighted by Gasteiger charge is -2.34. The smallest absolute Gasteiger partial charge is 0.256 e. The zero-order valence-corrected chi connectivity index (χ0v) is 14.3. The van der Waals surface area contributed by atoms with E-state index in [0.29, 0.717) is 17.8 Å². The molecule has 0 aliphatic carbocycles. The lowest BCUT2D eigenvalue weighted by molar-refractivity contribution is 0.0601. The molecular weight excluding hydrogens is 326 g/mol. The Hall–Kier alpha value is -3.33. The Kier molecular flexibility index (Phi) is 4.28. The highest BCUT2D eigenvalue weighted by molar-refractivity contribution is 5.94. The van der Waals surface area contributed by atoms with Crippen molar-refractivity contribution in [2.45, 2.75) is 25.3 Å². The number of amides is 1. The van der Waals surface area contributed by atoms with Gasteiger partial charge in [-0.15, -0.1) is 0 Å². The van der Waals surface area contributed by atoms with Crippen molar-refractivity contribution in [3.8, 4) is 17.3 Å². The third-order valence-electron chi connectivity index (χ3n) is 4.81. The zero-order chi connectivity index (χ0) is 17.9. The molecule has 1 aliphatic rings. The van der Waals surface area contributed by atoms with Gasteiger partial charge in [-0.25, -0.2) is 4.98 Å². The van der Waals surface area contributed by atoms with Crippen molar-refractivity contribution in [3.63, 3.8) is 0 Å². The van der Waals surface area contributed by atoms with E-state index in [9.17, 15) is 4.79 Å². The van der Waals surface area contributed by atoms with Crippen molar-refractivity contribution in [1.82, 2.24) is 19.9 Å². The van der Waals surface area contributed by atoms with Gasteiger partial charge in [0.05, 0.1) is 23.5 Å². The summed E-state index contributed by atoms with van der Waals surface area (Å²) in [5.74, 6) is 0.748. The lowest BCUT2D eigenvalue weighted by Crippen LogP contribution is -2.38. The summed E-state index contributed by atoms with van der Waals surface area (Å²) in [7, 11) is 0. The molecule has 3 heterocycles. The van der Waals surface area contributed by atoms with Crippen molar-refractivity contribution >= 4 is 5.91 Å². The number of hydrogen-bond acceptors (Lipinski definition) is 3. The van der Waals surface area contributed by atoms with Crippen LogP contribution < -0.4 is 0 Å². The summed E-state index contributed by atoms with van der Waals surface area (Å²) in [6.45, 7) is 0.692. The Morgan fingerprint density at radius 3 is 2.88 bits per heavy atom. The second-order valence-electron chi connectivity index (χ2n) is 6.47. The van der Waals surface area contributed by atoms with Crippen LogP contribution in [0.2, 0.25) is 0 Å². The maximum atomic E-state index is 12.9. The van der Waals surface area contributed by atoms with Gasteiger partial charge in [0.15, 0.2) is 0 Å². The molecule has 0 spiro atoms. The van der Waals surface area contributed by atoms with Crippen molar-refractivity contribution in [2.24, 2.45) is 0 Å². The van der Waals surface area contributed by atoms with Gasteiger partial charge in [0.2, 0.25) is 0 Å². The van der Waals surface area contributed by atoms with E-state index >= 15 is 0 Å². The minimum atomic E-state index is -0.0749. The van der Waals surface area contributed by atoms with Crippen LogP contribution in [0.5, 0.6) is 0 Å². The Balaban J connectivity index is 1.61. The summed E-state index contributed by atoms with van der Waals surface area (Å²) in [5.41, 5.74) is 2.94. The van der Waals surface area contributed by atoms with Crippen molar-refractivity contribution in [1.29, 1.82) is 5.26 Å². The SMILES string of the molecule is N#Cc1cc(C(=O)N2CCCCC2c2ncc(-c3ccccc3)[nH]2)c[nH]1. The number of benzene rings is 1. The number of nitrogens with one attached hydrogen (secondary N) is 2. The minimum absolute atomic E-state index is 0.0647. The molecule has 0 bridgehead atoms. The largest absolute Gasteiger partial charge is 0.352 e. The zero-order valence-electron chi connectivity index (χ0n) is 14.3. The molecule has 3 aromatic rings. The number of aromatic amines is 2. The Labute approximate surface area is 151 Å². The molecule has 1 aliphatic heterocycles. The molecule has 2 N–H and O–H groups in total. The number of rotatable bonds is 3. The van der Waals surface area contributed by atoms with E-state index in [-0.39, 0.29) is 11.9 Å². The number of hydrogen-bond donors (Lipinski definition) is 2. The molecule has 0 radical (unpaired) electrons. The molecule has 2 aromatic heterocycles. The number of carbonyl (C=O) groups excluding carboxylic acids is 1. The summed E-state index contributed by atoms with van der Waals surface area (Å²) < 4.78 is 0. The van der Waals surface area contributed by atoms with E-state index < -0.39 is 0 Å². The van der Waals surface area contributed by atoms with Crippen LogP contribution in [0.3, 0.4) is 0 Å². The molecule has 1 aromatic carbocycles. The first-order chi connectivity index (χ1) is 12.8. The van der Waals surface area contributed by atoms with Crippen molar-refractivity contribution < 1.29 is 4.79 Å². The summed E-state index contributed by atoms with van der Waals surface area (Å²) in [4.78, 5) is 25.6. The Morgan fingerprint density at radius 2 is 2.12 bits per heavy atom. The molecule has 130 valence electrons. The molecule has 4 rings (SSSR count). The van der Waals surface area contributed by atoms with Crippen LogP contribution in [-0.2, 0) is 0 Å². The number of aromatic nitrogens is 3. The molecule has 6 heteroatoms. The maximum Gasteiger partial charge on any atom is 0.256 e. The van der Waals surface area contributed by atoms with Crippen molar-refractivity contribution in [3.05, 3.63) is 65.9 Å². The second-order valence-corrected chi connectivity index (χ2v) is 6.47. The third kappa shape index (κ3) is 3.00. The fraction of sp³-hybridized carbons (Fsp3) is 0.250. The van der Waals surface area contributed by atoms with E-state index in [4.69, 9.17) is 5.26 Å². The topological polar surface area (TPSA) is 88.6 Å². The first-order valence-electron chi connectivity index (χ1n) is 8.76. The predicted octanol–water partition coefficient (Wildman–Crippen LogP) is 3.64. The summed E-state index contributed by atoms with van der Waals surface area (Å²) in [5, 5.41) is 8.96. The van der Waals surface area contributed by atoms with Gasteiger partial charge in [-0.3, -0.25) is 4.79 Å². The van der Waals surface area contributed by atoms with E-state index in [2.05, 4.69) is 15.0 Å². The van der Waals surface area contributed by atoms with Crippen molar-refractivity contribution in [2.75, 3.05) is 6.54 Å². The summed E-state index contributed by atoms with van der Waals surface area (Å²) >= 11 is 0. The highest BCUT2D eigenvalue weighted by atomic mass is 16.2. The maximum absolute atomic E-state index is 12.9. The third-order valence-corrected chi connectivity index (χ3v) is 4.81. The van der Waals surface area contributed by atoms with Crippen LogP contribution in [0.25, 0.3) is 11.3 Å². The van der Waals surface area contributed by atoms with Crippen LogP contribution >= 0.6 is 0 Å². The van der Waals surface area contributed by atoms with Gasteiger partial charge in [0.25, 0.3) is 5.91 Å². The Bertz CT molecular complexity index is 950. The minimum Gasteiger partial charge on any atom is -0.352 e. The molecule has 1 unspecified atom stereocenters. The molecule has 1 atom stereocenters. The molecule has 1 fully saturated rings. The van der Waals surface area contributed by atoms with E-state index in [1.165, 1.54) is 0 Å². The Morgan fingerprint density at radius 1 is 1.27 bits per heavy atom. The lowest BCUT2D eigenvalue weighted by atomic mass is 10.0. The highest BCUT2D eigenvalue weighted by Crippen LogP contribution is 2.31. The second kappa shape index (κ2) is 6.89. The van der Waals surface area contributed by atoms with Gasteiger partial charge < -0.3 is 14.9 Å². The first kappa shape index (κ1) is 16.2. The molecule has 0 saturated carbocycles. The van der Waals surface area contributed by atoms with Gasteiger partial charge in [-0.05, 0) is 30.9 Å². The number of nitriles is 1.